The highest BCUT2D eigenvalue weighted by atomic mass is 79.9. The molecule has 1 unspecified atom stereocenters. The van der Waals surface area contributed by atoms with Gasteiger partial charge < -0.3 is 14.8 Å². The highest BCUT2D eigenvalue weighted by Gasteiger charge is 2.49. The van der Waals surface area contributed by atoms with E-state index in [1.807, 2.05) is 6.92 Å². The second kappa shape index (κ2) is 10.6. The van der Waals surface area contributed by atoms with Crippen LogP contribution in [0.1, 0.15) is 47.0 Å². The van der Waals surface area contributed by atoms with Crippen LogP contribution < -0.4 is 5.32 Å². The van der Waals surface area contributed by atoms with Crippen molar-refractivity contribution in [3.8, 4) is 0 Å². The number of carbonyl (C=O) groups is 3. The molecule has 0 aromatic rings. The van der Waals surface area contributed by atoms with E-state index in [4.69, 9.17) is 9.47 Å². The van der Waals surface area contributed by atoms with E-state index in [9.17, 15) is 14.4 Å². The van der Waals surface area contributed by atoms with Gasteiger partial charge in [0.15, 0.2) is 0 Å². The predicted octanol–water partition coefficient (Wildman–Crippen LogP) is 2.19. The summed E-state index contributed by atoms with van der Waals surface area (Å²) in [7, 11) is 0. The fraction of sp³-hybridized carbons (Fsp3) is 0.800. The van der Waals surface area contributed by atoms with E-state index >= 15 is 0 Å². The van der Waals surface area contributed by atoms with E-state index in [1.54, 1.807) is 13.8 Å². The van der Waals surface area contributed by atoms with E-state index in [1.165, 1.54) is 6.92 Å². The molecule has 0 aromatic heterocycles. The quantitative estimate of drug-likeness (QED) is 0.357. The van der Waals surface area contributed by atoms with Crippen LogP contribution in [0.3, 0.4) is 0 Å². The third kappa shape index (κ3) is 6.34. The first kappa shape index (κ1) is 20.9. The summed E-state index contributed by atoms with van der Waals surface area (Å²) >= 11 is 3.37. The maximum atomic E-state index is 12.3. The lowest BCUT2D eigenvalue weighted by Crippen LogP contribution is -2.61. The van der Waals surface area contributed by atoms with Gasteiger partial charge in [0.25, 0.3) is 0 Å². The summed E-state index contributed by atoms with van der Waals surface area (Å²) in [6.07, 6.45) is 1.64. The lowest BCUT2D eigenvalue weighted by Gasteiger charge is -2.30. The van der Waals surface area contributed by atoms with Crippen molar-refractivity contribution in [1.82, 2.24) is 5.32 Å². The van der Waals surface area contributed by atoms with Crippen molar-refractivity contribution in [3.63, 3.8) is 0 Å². The van der Waals surface area contributed by atoms with Crippen LogP contribution in [-0.4, -0.2) is 41.9 Å². The van der Waals surface area contributed by atoms with E-state index < -0.39 is 23.4 Å². The number of halogens is 1. The highest BCUT2D eigenvalue weighted by Crippen LogP contribution is 2.23. The van der Waals surface area contributed by atoms with Gasteiger partial charge in [-0.25, -0.2) is 9.59 Å². The Morgan fingerprint density at radius 1 is 1.09 bits per heavy atom. The molecule has 0 saturated carbocycles. The van der Waals surface area contributed by atoms with Gasteiger partial charge in [-0.1, -0.05) is 22.9 Å². The molecule has 1 amide bonds. The van der Waals surface area contributed by atoms with Gasteiger partial charge in [0.2, 0.25) is 11.4 Å². The lowest BCUT2D eigenvalue weighted by molar-refractivity contribution is -0.168. The normalized spacial score (nSPS) is 12.4. The Bertz CT molecular complexity index is 368. The first-order valence-corrected chi connectivity index (χ1v) is 8.65. The molecule has 0 aromatic carbocycles. The molecule has 7 heteroatoms. The van der Waals surface area contributed by atoms with Gasteiger partial charge in [-0.2, -0.15) is 0 Å². The third-order valence-corrected chi connectivity index (χ3v) is 3.71. The first-order valence-electron chi connectivity index (χ1n) is 7.53. The van der Waals surface area contributed by atoms with Crippen molar-refractivity contribution in [1.29, 1.82) is 0 Å². The Balaban J connectivity index is 5.38. The molecular weight excluding hydrogens is 354 g/mol. The van der Waals surface area contributed by atoms with Gasteiger partial charge in [-0.15, -0.1) is 0 Å². The van der Waals surface area contributed by atoms with Crippen LogP contribution in [0.4, 0.5) is 0 Å². The zero-order chi connectivity index (χ0) is 17.2. The monoisotopic (exact) mass is 379 g/mol. The number of amides is 1. The van der Waals surface area contributed by atoms with E-state index in [0.29, 0.717) is 6.42 Å². The number of carbonyl (C=O) groups excluding carboxylic acids is 3. The molecule has 0 saturated heterocycles. The van der Waals surface area contributed by atoms with Crippen LogP contribution in [0, 0.1) is 5.92 Å². The predicted molar refractivity (Wildman–Crippen MR) is 86.6 cm³/mol. The molecule has 0 rings (SSSR count). The van der Waals surface area contributed by atoms with Crippen molar-refractivity contribution in [3.05, 3.63) is 0 Å². The smallest absolute Gasteiger partial charge is 0.343 e. The number of hydrogen-bond acceptors (Lipinski definition) is 5. The molecule has 0 fully saturated rings. The molecule has 1 N–H and O–H groups in total. The molecule has 0 bridgehead atoms. The van der Waals surface area contributed by atoms with Crippen LogP contribution in [0.15, 0.2) is 0 Å². The second-order valence-electron chi connectivity index (χ2n) is 5.15. The molecule has 0 aliphatic heterocycles. The fourth-order valence-corrected chi connectivity index (χ4v) is 2.84. The van der Waals surface area contributed by atoms with Gasteiger partial charge in [0.05, 0.1) is 13.2 Å². The van der Waals surface area contributed by atoms with Crippen LogP contribution in [-0.2, 0) is 23.9 Å². The van der Waals surface area contributed by atoms with Gasteiger partial charge in [-0.3, -0.25) is 4.79 Å². The summed E-state index contributed by atoms with van der Waals surface area (Å²) in [5.74, 6) is -1.73. The number of esters is 2. The molecule has 128 valence electrons. The van der Waals surface area contributed by atoms with Crippen LogP contribution >= 0.6 is 15.9 Å². The average molecular weight is 380 g/mol. The molecule has 1 atom stereocenters. The minimum absolute atomic E-state index is 0.122. The molecule has 0 heterocycles. The molecule has 0 aliphatic rings. The Kier molecular flexibility index (Phi) is 10.1. The van der Waals surface area contributed by atoms with Crippen LogP contribution in [0.25, 0.3) is 0 Å². The van der Waals surface area contributed by atoms with Crippen molar-refractivity contribution >= 4 is 33.8 Å². The summed E-state index contributed by atoms with van der Waals surface area (Å²) < 4.78 is 10.0. The van der Waals surface area contributed by atoms with E-state index in [-0.39, 0.29) is 25.6 Å². The Hall–Kier alpha value is -1.11. The first-order chi connectivity index (χ1) is 10.3. The molecule has 0 aliphatic carbocycles. The zero-order valence-electron chi connectivity index (χ0n) is 13.7. The van der Waals surface area contributed by atoms with Crippen LogP contribution in [0.5, 0.6) is 0 Å². The Labute approximate surface area is 140 Å². The van der Waals surface area contributed by atoms with Crippen molar-refractivity contribution in [2.24, 2.45) is 5.92 Å². The van der Waals surface area contributed by atoms with Gasteiger partial charge >= 0.3 is 11.9 Å². The Morgan fingerprint density at radius 2 is 1.59 bits per heavy atom. The number of rotatable bonds is 10. The van der Waals surface area contributed by atoms with Crippen molar-refractivity contribution in [2.45, 2.75) is 52.5 Å². The minimum Gasteiger partial charge on any atom is -0.464 e. The molecule has 6 nitrogen and oxygen atoms in total. The summed E-state index contributed by atoms with van der Waals surface area (Å²) in [6, 6.07) is 0. The fourth-order valence-electron chi connectivity index (χ4n) is 2.05. The van der Waals surface area contributed by atoms with Crippen molar-refractivity contribution < 1.29 is 23.9 Å². The standard InChI is InChI=1S/C15H26BrNO5/c1-5-21-13(19)15(17-12(4)18,14(20)22-6-2)9-7-11(3)8-10-16/h11H,5-10H2,1-4H3,(H,17,18). The number of nitrogens with one attached hydrogen (secondary N) is 1. The lowest BCUT2D eigenvalue weighted by atomic mass is 9.88. The van der Waals surface area contributed by atoms with Gasteiger partial charge in [0.1, 0.15) is 0 Å². The SMILES string of the molecule is CCOC(=O)C(CCC(C)CCBr)(NC(C)=O)C(=O)OCC. The molecule has 22 heavy (non-hydrogen) atoms. The number of hydrogen-bond donors (Lipinski definition) is 1. The maximum absolute atomic E-state index is 12.3. The summed E-state index contributed by atoms with van der Waals surface area (Å²) in [5, 5.41) is 3.29. The zero-order valence-corrected chi connectivity index (χ0v) is 15.3. The second-order valence-corrected chi connectivity index (χ2v) is 5.94. The van der Waals surface area contributed by atoms with Gasteiger partial charge in [0, 0.05) is 12.3 Å². The summed E-state index contributed by atoms with van der Waals surface area (Å²) in [5.41, 5.74) is -1.77. The van der Waals surface area contributed by atoms with Gasteiger partial charge in [-0.05, 0) is 39.0 Å². The maximum Gasteiger partial charge on any atom is 0.343 e. The summed E-state index contributed by atoms with van der Waals surface area (Å²) in [4.78, 5) is 36.2. The summed E-state index contributed by atoms with van der Waals surface area (Å²) in [6.45, 7) is 6.82. The number of alkyl halides is 1. The molecule has 0 radical (unpaired) electrons. The topological polar surface area (TPSA) is 81.7 Å². The molecular formula is C15H26BrNO5. The highest BCUT2D eigenvalue weighted by molar-refractivity contribution is 9.09. The molecule has 0 spiro atoms. The average Bonchev–Trinajstić information content (AvgIpc) is 2.43. The Morgan fingerprint density at radius 3 is 1.95 bits per heavy atom. The van der Waals surface area contributed by atoms with E-state index in [2.05, 4.69) is 21.2 Å². The largest absolute Gasteiger partial charge is 0.464 e. The minimum atomic E-state index is -1.77. The van der Waals surface area contributed by atoms with Crippen LogP contribution in [0.2, 0.25) is 0 Å². The van der Waals surface area contributed by atoms with Crippen molar-refractivity contribution in [2.75, 3.05) is 18.5 Å². The third-order valence-electron chi connectivity index (χ3n) is 3.25. The van der Waals surface area contributed by atoms with E-state index in [0.717, 1.165) is 11.8 Å². The number of ether oxygens (including phenoxy) is 2.